The van der Waals surface area contributed by atoms with Gasteiger partial charge in [-0.15, -0.1) is 0 Å². The summed E-state index contributed by atoms with van der Waals surface area (Å²) in [5, 5.41) is 10.2. The zero-order valence-electron chi connectivity index (χ0n) is 24.1. The van der Waals surface area contributed by atoms with Crippen LogP contribution in [0, 0.1) is 0 Å². The van der Waals surface area contributed by atoms with Crippen LogP contribution in [0.3, 0.4) is 0 Å². The van der Waals surface area contributed by atoms with Gasteiger partial charge in [0, 0.05) is 17.5 Å². The summed E-state index contributed by atoms with van der Waals surface area (Å²) < 4.78 is 0. The van der Waals surface area contributed by atoms with Gasteiger partial charge >= 0.3 is 5.97 Å². The minimum Gasteiger partial charge on any atom is -0.478 e. The first-order valence-electron chi connectivity index (χ1n) is 14.2. The largest absolute Gasteiger partial charge is 0.478 e. The fourth-order valence-electron chi connectivity index (χ4n) is 5.46. The number of hydrogen-bond donors (Lipinski definition) is 2. The second kappa shape index (κ2) is 11.5. The number of ketones is 1. The standard InChI is InChI=1S/C36H36N2O3/c1-5-11-24(23-12-7-6-8-13-23)21-33(39)25-16-18-28(30(20-25)35(40)41)27-14-9-10-15-29(27)34-37-31-19-17-26(36(2,3)4)22-32(31)38-34/h6-10,12-20,22,24H,5,11,21H2,1-4H3,(H,37,38)(H,40,41)/t24-/m0/s1. The zero-order chi connectivity index (χ0) is 29.1. The Morgan fingerprint density at radius 2 is 1.56 bits per heavy atom. The lowest BCUT2D eigenvalue weighted by atomic mass is 9.87. The molecule has 0 fully saturated rings. The van der Waals surface area contributed by atoms with Gasteiger partial charge in [0.1, 0.15) is 5.82 Å². The van der Waals surface area contributed by atoms with Gasteiger partial charge < -0.3 is 10.1 Å². The van der Waals surface area contributed by atoms with Crippen molar-refractivity contribution in [1.29, 1.82) is 0 Å². The number of aromatic amines is 1. The molecule has 0 aliphatic rings. The molecule has 5 rings (SSSR count). The average Bonchev–Trinajstić information content (AvgIpc) is 3.40. The van der Waals surface area contributed by atoms with Crippen LogP contribution in [0.1, 0.15) is 84.7 Å². The number of carbonyl (C=O) groups is 2. The molecule has 0 radical (unpaired) electrons. The Morgan fingerprint density at radius 1 is 0.854 bits per heavy atom. The fourth-order valence-corrected chi connectivity index (χ4v) is 5.46. The Balaban J connectivity index is 1.51. The van der Waals surface area contributed by atoms with Crippen LogP contribution < -0.4 is 0 Å². The number of rotatable bonds is 9. The van der Waals surface area contributed by atoms with Crippen LogP contribution in [-0.2, 0) is 5.41 Å². The van der Waals surface area contributed by atoms with Gasteiger partial charge in [0.2, 0.25) is 0 Å². The number of carboxylic acids is 1. The highest BCUT2D eigenvalue weighted by atomic mass is 16.4. The van der Waals surface area contributed by atoms with Crippen LogP contribution >= 0.6 is 0 Å². The van der Waals surface area contributed by atoms with Crippen molar-refractivity contribution in [1.82, 2.24) is 9.97 Å². The van der Waals surface area contributed by atoms with Crippen LogP contribution in [0.2, 0.25) is 0 Å². The summed E-state index contributed by atoms with van der Waals surface area (Å²) in [4.78, 5) is 34.2. The Morgan fingerprint density at radius 3 is 2.24 bits per heavy atom. The van der Waals surface area contributed by atoms with Gasteiger partial charge in [-0.05, 0) is 58.2 Å². The van der Waals surface area contributed by atoms with Crippen molar-refractivity contribution in [3.63, 3.8) is 0 Å². The number of carbonyl (C=O) groups excluding carboxylic acids is 1. The van der Waals surface area contributed by atoms with E-state index in [1.165, 1.54) is 11.6 Å². The first kappa shape index (κ1) is 28.0. The third-order valence-corrected chi connectivity index (χ3v) is 7.73. The van der Waals surface area contributed by atoms with E-state index in [2.05, 4.69) is 56.9 Å². The number of nitrogens with zero attached hydrogens (tertiary/aromatic N) is 1. The summed E-state index contributed by atoms with van der Waals surface area (Å²) in [6.45, 7) is 8.64. The van der Waals surface area contributed by atoms with Gasteiger partial charge in [0.25, 0.3) is 0 Å². The molecule has 4 aromatic carbocycles. The van der Waals surface area contributed by atoms with Gasteiger partial charge in [-0.1, -0.05) is 107 Å². The monoisotopic (exact) mass is 544 g/mol. The third kappa shape index (κ3) is 5.99. The van der Waals surface area contributed by atoms with E-state index in [1.54, 1.807) is 12.1 Å². The lowest BCUT2D eigenvalue weighted by Gasteiger charge is -2.18. The number of carboxylic acid groups (broad SMARTS) is 1. The number of imidazole rings is 1. The lowest BCUT2D eigenvalue weighted by molar-refractivity contribution is 0.0697. The van der Waals surface area contributed by atoms with E-state index in [-0.39, 0.29) is 22.7 Å². The Labute approximate surface area is 241 Å². The minimum absolute atomic E-state index is 0.00456. The summed E-state index contributed by atoms with van der Waals surface area (Å²) in [5.41, 5.74) is 6.73. The molecule has 0 bridgehead atoms. The van der Waals surface area contributed by atoms with Crippen molar-refractivity contribution in [3.05, 3.63) is 113 Å². The van der Waals surface area contributed by atoms with Crippen LogP contribution in [0.25, 0.3) is 33.5 Å². The molecular weight excluding hydrogens is 508 g/mol. The molecule has 0 unspecified atom stereocenters. The number of nitrogens with one attached hydrogen (secondary N) is 1. The van der Waals surface area contributed by atoms with Gasteiger partial charge in [0.05, 0.1) is 16.6 Å². The van der Waals surface area contributed by atoms with E-state index in [0.29, 0.717) is 23.4 Å². The molecule has 2 N–H and O–H groups in total. The van der Waals surface area contributed by atoms with Crippen molar-refractivity contribution in [2.24, 2.45) is 0 Å². The molecule has 0 aliphatic heterocycles. The highest BCUT2D eigenvalue weighted by molar-refractivity contribution is 6.04. The number of aromatic carboxylic acids is 1. The number of Topliss-reactive ketones (excluding diaryl/α,β-unsaturated/α-hetero) is 1. The average molecular weight is 545 g/mol. The second-order valence-electron chi connectivity index (χ2n) is 11.7. The van der Waals surface area contributed by atoms with Crippen LogP contribution in [0.4, 0.5) is 0 Å². The maximum absolute atomic E-state index is 13.4. The van der Waals surface area contributed by atoms with Crippen molar-refractivity contribution < 1.29 is 14.7 Å². The van der Waals surface area contributed by atoms with E-state index in [0.717, 1.165) is 40.6 Å². The molecule has 1 aromatic heterocycles. The first-order chi connectivity index (χ1) is 19.7. The quantitative estimate of drug-likeness (QED) is 0.181. The lowest BCUT2D eigenvalue weighted by Crippen LogP contribution is -2.10. The first-order valence-corrected chi connectivity index (χ1v) is 14.2. The van der Waals surface area contributed by atoms with Gasteiger partial charge in [-0.2, -0.15) is 0 Å². The maximum atomic E-state index is 13.4. The molecule has 41 heavy (non-hydrogen) atoms. The highest BCUT2D eigenvalue weighted by Gasteiger charge is 2.22. The summed E-state index contributed by atoms with van der Waals surface area (Å²) in [6.07, 6.45) is 2.19. The maximum Gasteiger partial charge on any atom is 0.336 e. The number of hydrogen-bond acceptors (Lipinski definition) is 3. The second-order valence-corrected chi connectivity index (χ2v) is 11.7. The summed E-state index contributed by atoms with van der Waals surface area (Å²) in [6, 6.07) is 29.0. The number of H-pyrrole nitrogens is 1. The van der Waals surface area contributed by atoms with Crippen molar-refractivity contribution in [3.8, 4) is 22.5 Å². The molecule has 5 nitrogen and oxygen atoms in total. The molecule has 0 aliphatic carbocycles. The molecule has 1 heterocycles. The van der Waals surface area contributed by atoms with Crippen LogP contribution in [0.15, 0.2) is 91.0 Å². The number of benzene rings is 4. The molecule has 1 atom stereocenters. The van der Waals surface area contributed by atoms with E-state index >= 15 is 0 Å². The smallest absolute Gasteiger partial charge is 0.336 e. The molecule has 5 aromatic rings. The normalized spacial score (nSPS) is 12.4. The number of fused-ring (bicyclic) bond motifs is 1. The minimum atomic E-state index is -1.07. The van der Waals surface area contributed by atoms with E-state index < -0.39 is 5.97 Å². The molecule has 0 amide bonds. The summed E-state index contributed by atoms with van der Waals surface area (Å²) in [5.74, 6) is -0.365. The predicted molar refractivity (Wildman–Crippen MR) is 166 cm³/mol. The topological polar surface area (TPSA) is 83.0 Å². The van der Waals surface area contributed by atoms with E-state index in [9.17, 15) is 14.7 Å². The molecule has 0 saturated heterocycles. The molecule has 208 valence electrons. The van der Waals surface area contributed by atoms with Crippen molar-refractivity contribution in [2.75, 3.05) is 0 Å². The molecule has 5 heteroatoms. The van der Waals surface area contributed by atoms with E-state index in [1.807, 2.05) is 48.5 Å². The fraction of sp³-hybridized carbons (Fsp3) is 0.250. The van der Waals surface area contributed by atoms with Crippen molar-refractivity contribution in [2.45, 2.75) is 58.3 Å². The number of aromatic nitrogens is 2. The SMILES string of the molecule is CCC[C@@H](CC(=O)c1ccc(-c2ccccc2-c2nc3ccc(C(C)(C)C)cc3[nH]2)c(C(=O)O)c1)c1ccccc1. The Bertz CT molecular complexity index is 1710. The zero-order valence-corrected chi connectivity index (χ0v) is 24.1. The third-order valence-electron chi connectivity index (χ3n) is 7.73. The molecular formula is C36H36N2O3. The van der Waals surface area contributed by atoms with E-state index in [4.69, 9.17) is 4.98 Å². The highest BCUT2D eigenvalue weighted by Crippen LogP contribution is 2.36. The van der Waals surface area contributed by atoms with Gasteiger partial charge in [-0.25, -0.2) is 9.78 Å². The summed E-state index contributed by atoms with van der Waals surface area (Å²) >= 11 is 0. The van der Waals surface area contributed by atoms with Crippen molar-refractivity contribution >= 4 is 22.8 Å². The van der Waals surface area contributed by atoms with Crippen LogP contribution in [-0.4, -0.2) is 26.8 Å². The molecule has 0 spiro atoms. The van der Waals surface area contributed by atoms with Gasteiger partial charge in [-0.3, -0.25) is 4.79 Å². The Kier molecular flexibility index (Phi) is 7.89. The van der Waals surface area contributed by atoms with Gasteiger partial charge in [0.15, 0.2) is 5.78 Å². The molecule has 0 saturated carbocycles. The summed E-state index contributed by atoms with van der Waals surface area (Å²) in [7, 11) is 0. The van der Waals surface area contributed by atoms with Crippen LogP contribution in [0.5, 0.6) is 0 Å². The predicted octanol–water partition coefficient (Wildman–Crippen LogP) is 9.05. The Hall–Kier alpha value is -4.51.